The maximum Gasteiger partial charge on any atom is 0.522 e. The molecule has 34 heavy (non-hydrogen) atoms. The van der Waals surface area contributed by atoms with Crippen LogP contribution in [0.15, 0.2) is 12.1 Å². The molecule has 3 rings (SSSR count). The predicted octanol–water partition coefficient (Wildman–Crippen LogP) is 2.25. The van der Waals surface area contributed by atoms with Crippen molar-refractivity contribution in [2.24, 2.45) is 0 Å². The van der Waals surface area contributed by atoms with Gasteiger partial charge in [-0.15, -0.1) is 13.2 Å². The van der Waals surface area contributed by atoms with Crippen LogP contribution in [0.2, 0.25) is 0 Å². The molecule has 1 saturated carbocycles. The smallest absolute Gasteiger partial charge is 0.480 e. The lowest BCUT2D eigenvalue weighted by molar-refractivity contribution is -0.357. The van der Waals surface area contributed by atoms with Crippen LogP contribution in [0, 0.1) is 11.6 Å². The van der Waals surface area contributed by atoms with Crippen LogP contribution in [0.4, 0.5) is 22.0 Å². The lowest BCUT2D eigenvalue weighted by Gasteiger charge is -2.34. The molecule has 1 aliphatic carbocycles. The minimum Gasteiger partial charge on any atom is -0.480 e. The van der Waals surface area contributed by atoms with Crippen LogP contribution < -0.4 is 15.4 Å². The predicted molar refractivity (Wildman–Crippen MR) is 106 cm³/mol. The zero-order chi connectivity index (χ0) is 24.9. The molecule has 0 unspecified atom stereocenters. The molecule has 0 aromatic heterocycles. The van der Waals surface area contributed by atoms with Crippen molar-refractivity contribution in [3.05, 3.63) is 29.3 Å². The molecule has 2 aliphatic rings. The Hall–Kier alpha value is -2.51. The third-order valence-electron chi connectivity index (χ3n) is 5.44. The Balaban J connectivity index is 1.24. The van der Waals surface area contributed by atoms with Gasteiger partial charge in [0.2, 0.25) is 5.91 Å². The molecule has 2 atom stereocenters. The van der Waals surface area contributed by atoms with Crippen molar-refractivity contribution in [1.82, 2.24) is 10.6 Å². The van der Waals surface area contributed by atoms with Gasteiger partial charge in [-0.1, -0.05) is 0 Å². The van der Waals surface area contributed by atoms with Gasteiger partial charge in [-0.05, 0) is 18.9 Å². The highest BCUT2D eigenvalue weighted by Crippen LogP contribution is 2.36. The molecule has 1 aliphatic heterocycles. The third kappa shape index (κ3) is 7.50. The second-order valence-electron chi connectivity index (χ2n) is 8.10. The first-order valence-corrected chi connectivity index (χ1v) is 10.8. The SMILES string of the molecule is O=C(COC1CC(OC(F)(F)F)C1)NCCCCNC(=O)[C@H]1C[C@@H](O)c2cc(F)c(F)cc2O1. The van der Waals surface area contributed by atoms with Gasteiger partial charge in [0, 0.05) is 44.0 Å². The van der Waals surface area contributed by atoms with Gasteiger partial charge in [0.05, 0.1) is 18.3 Å². The van der Waals surface area contributed by atoms with Crippen LogP contribution in [0.25, 0.3) is 0 Å². The van der Waals surface area contributed by atoms with E-state index in [0.29, 0.717) is 19.4 Å². The number of aliphatic hydroxyl groups excluding tert-OH is 1. The number of aliphatic hydroxyl groups is 1. The number of alkyl halides is 3. The van der Waals surface area contributed by atoms with Gasteiger partial charge in [0.15, 0.2) is 17.7 Å². The fourth-order valence-electron chi connectivity index (χ4n) is 3.58. The van der Waals surface area contributed by atoms with E-state index in [-0.39, 0.29) is 43.7 Å². The summed E-state index contributed by atoms with van der Waals surface area (Å²) in [7, 11) is 0. The Labute approximate surface area is 191 Å². The summed E-state index contributed by atoms with van der Waals surface area (Å²) in [5.74, 6) is -3.27. The van der Waals surface area contributed by atoms with E-state index >= 15 is 0 Å². The summed E-state index contributed by atoms with van der Waals surface area (Å²) in [6, 6.07) is 1.63. The van der Waals surface area contributed by atoms with Crippen LogP contribution in [0.3, 0.4) is 0 Å². The van der Waals surface area contributed by atoms with Crippen LogP contribution in [0.5, 0.6) is 5.75 Å². The van der Waals surface area contributed by atoms with Crippen molar-refractivity contribution < 1.29 is 50.9 Å². The lowest BCUT2D eigenvalue weighted by Crippen LogP contribution is -2.42. The summed E-state index contributed by atoms with van der Waals surface area (Å²) < 4.78 is 77.3. The number of ether oxygens (including phenoxy) is 3. The van der Waals surface area contributed by atoms with Gasteiger partial charge >= 0.3 is 6.36 Å². The number of carbonyl (C=O) groups excluding carboxylic acids is 2. The number of hydrogen-bond donors (Lipinski definition) is 3. The van der Waals surface area contributed by atoms with E-state index in [4.69, 9.17) is 9.47 Å². The summed E-state index contributed by atoms with van der Waals surface area (Å²) in [6.45, 7) is 0.293. The molecule has 0 spiro atoms. The zero-order valence-electron chi connectivity index (χ0n) is 18.0. The first-order chi connectivity index (χ1) is 16.0. The molecule has 2 amide bonds. The number of carbonyl (C=O) groups is 2. The first-order valence-electron chi connectivity index (χ1n) is 10.8. The van der Waals surface area contributed by atoms with Gasteiger partial charge in [0.1, 0.15) is 12.4 Å². The Morgan fingerprint density at radius 1 is 1.03 bits per heavy atom. The maximum atomic E-state index is 13.4. The van der Waals surface area contributed by atoms with E-state index in [1.165, 1.54) is 0 Å². The molecule has 1 heterocycles. The summed E-state index contributed by atoms with van der Waals surface area (Å²) in [5, 5.41) is 15.3. The first kappa shape index (κ1) is 26.1. The van der Waals surface area contributed by atoms with Crippen molar-refractivity contribution in [2.75, 3.05) is 19.7 Å². The molecule has 1 aromatic rings. The molecule has 0 bridgehead atoms. The second-order valence-corrected chi connectivity index (χ2v) is 8.10. The van der Waals surface area contributed by atoms with Crippen molar-refractivity contribution in [3.8, 4) is 5.75 Å². The molecule has 190 valence electrons. The second kappa shape index (κ2) is 11.3. The van der Waals surface area contributed by atoms with Gasteiger partial charge in [0.25, 0.3) is 5.91 Å². The van der Waals surface area contributed by atoms with Gasteiger partial charge < -0.3 is 25.2 Å². The van der Waals surface area contributed by atoms with Crippen molar-refractivity contribution in [3.63, 3.8) is 0 Å². The minimum atomic E-state index is -4.68. The minimum absolute atomic E-state index is 0.0750. The Morgan fingerprint density at radius 2 is 1.68 bits per heavy atom. The van der Waals surface area contributed by atoms with Crippen LogP contribution >= 0.6 is 0 Å². The molecule has 1 aromatic carbocycles. The van der Waals surface area contributed by atoms with Crippen molar-refractivity contribution in [1.29, 1.82) is 0 Å². The van der Waals surface area contributed by atoms with Crippen LogP contribution in [-0.4, -0.2) is 61.3 Å². The number of unbranched alkanes of at least 4 members (excludes halogenated alkanes) is 1. The average Bonchev–Trinajstić information content (AvgIpc) is 2.72. The molecule has 0 radical (unpaired) electrons. The number of hydrogen-bond acceptors (Lipinski definition) is 6. The quantitative estimate of drug-likeness (QED) is 0.339. The fraction of sp³-hybridized carbons (Fsp3) is 0.619. The van der Waals surface area contributed by atoms with Gasteiger partial charge in [-0.25, -0.2) is 8.78 Å². The Kier molecular flexibility index (Phi) is 8.66. The molecule has 13 heteroatoms. The zero-order valence-corrected chi connectivity index (χ0v) is 18.0. The standard InChI is InChI=1S/C21H25F5N2O6/c22-14-7-13-16(29)9-18(33-17(13)8-15(14)23)20(31)28-4-2-1-3-27-19(30)10-32-11-5-12(6-11)34-21(24,25)26/h7-8,11-12,16,18,29H,1-6,9-10H2,(H,27,30)(H,28,31)/t11?,12?,16-,18-/m1/s1. The monoisotopic (exact) mass is 496 g/mol. The Morgan fingerprint density at radius 3 is 2.35 bits per heavy atom. The van der Waals surface area contributed by atoms with Gasteiger partial charge in [-0.3, -0.25) is 14.3 Å². The van der Waals surface area contributed by atoms with E-state index < -0.39 is 54.2 Å². The topological polar surface area (TPSA) is 106 Å². The van der Waals surface area contributed by atoms with Gasteiger partial charge in [-0.2, -0.15) is 0 Å². The van der Waals surface area contributed by atoms with Crippen molar-refractivity contribution in [2.45, 2.75) is 62.9 Å². The molecule has 0 saturated heterocycles. The van der Waals surface area contributed by atoms with Crippen molar-refractivity contribution >= 4 is 11.8 Å². The maximum absolute atomic E-state index is 13.4. The van der Waals surface area contributed by atoms with E-state index in [2.05, 4.69) is 15.4 Å². The van der Waals surface area contributed by atoms with Crippen LogP contribution in [0.1, 0.15) is 43.8 Å². The van der Waals surface area contributed by atoms with E-state index in [1.807, 2.05) is 0 Å². The summed E-state index contributed by atoms with van der Waals surface area (Å²) in [5.41, 5.74) is 0.0782. The largest absolute Gasteiger partial charge is 0.522 e. The molecule has 8 nitrogen and oxygen atoms in total. The normalized spacial score (nSPS) is 23.9. The highest BCUT2D eigenvalue weighted by molar-refractivity contribution is 5.81. The number of fused-ring (bicyclic) bond motifs is 1. The Bertz CT molecular complexity index is 878. The number of amides is 2. The highest BCUT2D eigenvalue weighted by Gasteiger charge is 2.40. The molecular formula is C21H25F5N2O6. The molecular weight excluding hydrogens is 471 g/mol. The lowest BCUT2D eigenvalue weighted by atomic mass is 9.92. The van der Waals surface area contributed by atoms with E-state index in [1.54, 1.807) is 0 Å². The summed E-state index contributed by atoms with van der Waals surface area (Å²) >= 11 is 0. The highest BCUT2D eigenvalue weighted by atomic mass is 19.4. The number of benzene rings is 1. The van der Waals surface area contributed by atoms with E-state index in [9.17, 15) is 36.6 Å². The number of nitrogens with one attached hydrogen (secondary N) is 2. The number of halogens is 5. The summed E-state index contributed by atoms with van der Waals surface area (Å²) in [4.78, 5) is 24.0. The fourth-order valence-corrected chi connectivity index (χ4v) is 3.58. The third-order valence-corrected chi connectivity index (χ3v) is 5.44. The number of rotatable bonds is 10. The van der Waals surface area contributed by atoms with Crippen LogP contribution in [-0.2, 0) is 19.1 Å². The molecule has 1 fully saturated rings. The summed E-state index contributed by atoms with van der Waals surface area (Å²) in [6.07, 6.45) is -7.22. The molecule has 3 N–H and O–H groups in total. The average molecular weight is 496 g/mol. The van der Waals surface area contributed by atoms with E-state index in [0.717, 1.165) is 12.1 Å².